The van der Waals surface area contributed by atoms with Gasteiger partial charge in [-0.05, 0) is 38.5 Å². The Morgan fingerprint density at radius 3 is 2.43 bits per heavy atom. The van der Waals surface area contributed by atoms with E-state index in [1.54, 1.807) is 9.80 Å². The molecule has 0 saturated heterocycles. The van der Waals surface area contributed by atoms with Crippen LogP contribution in [0.4, 0.5) is 11.4 Å². The Morgan fingerprint density at radius 2 is 1.71 bits per heavy atom. The largest absolute Gasteiger partial charge is 0.355 e. The maximum atomic E-state index is 13.4. The topological polar surface area (TPSA) is 52.7 Å². The highest BCUT2D eigenvalue weighted by Gasteiger charge is 2.48. The van der Waals surface area contributed by atoms with Gasteiger partial charge in [0, 0.05) is 7.05 Å². The summed E-state index contributed by atoms with van der Waals surface area (Å²) in [6.07, 6.45) is 0.287. The van der Waals surface area contributed by atoms with E-state index in [4.69, 9.17) is 0 Å². The van der Waals surface area contributed by atoms with Crippen molar-refractivity contribution in [3.63, 3.8) is 0 Å². The van der Waals surface area contributed by atoms with Crippen LogP contribution in [0.5, 0.6) is 0 Å². The molecule has 2 aliphatic heterocycles. The van der Waals surface area contributed by atoms with Crippen molar-refractivity contribution in [2.24, 2.45) is 0 Å². The monoisotopic (exact) mass is 375 g/mol. The lowest BCUT2D eigenvalue weighted by Crippen LogP contribution is -2.44. The van der Waals surface area contributed by atoms with Gasteiger partial charge < -0.3 is 15.1 Å². The maximum Gasteiger partial charge on any atom is 0.254 e. The van der Waals surface area contributed by atoms with Crippen LogP contribution in [0.25, 0.3) is 0 Å². The van der Waals surface area contributed by atoms with Crippen LogP contribution in [0.15, 0.2) is 65.9 Å². The van der Waals surface area contributed by atoms with Gasteiger partial charge in [-0.1, -0.05) is 42.5 Å². The summed E-state index contributed by atoms with van der Waals surface area (Å²) < 4.78 is 0. The minimum Gasteiger partial charge on any atom is -0.355 e. The highest BCUT2D eigenvalue weighted by Crippen LogP contribution is 2.43. The minimum absolute atomic E-state index is 0.0261. The van der Waals surface area contributed by atoms with E-state index in [2.05, 4.69) is 5.32 Å². The Labute approximate surface area is 165 Å². The molecule has 5 heteroatoms. The first-order chi connectivity index (χ1) is 13.3. The van der Waals surface area contributed by atoms with Crippen LogP contribution in [0.1, 0.15) is 26.3 Å². The zero-order chi connectivity index (χ0) is 20.1. The molecule has 1 unspecified atom stereocenters. The standard InChI is InChI=1S/C23H25N3O2/c1-15-20-21(23(2,3)25(4)22(20)28)24-17-12-8-9-13-18(17)26(15)19(27)14-16-10-6-5-7-11-16/h5-13,15,24H,14H2,1-4H3. The molecule has 1 N–H and O–H groups in total. The number of carbonyl (C=O) groups is 2. The van der Waals surface area contributed by atoms with E-state index < -0.39 is 5.54 Å². The van der Waals surface area contributed by atoms with Gasteiger partial charge in [0.25, 0.3) is 5.91 Å². The fourth-order valence-electron chi connectivity index (χ4n) is 4.11. The summed E-state index contributed by atoms with van der Waals surface area (Å²) in [6, 6.07) is 17.1. The first-order valence-electron chi connectivity index (χ1n) is 9.57. The number of benzene rings is 2. The van der Waals surface area contributed by atoms with Crippen molar-refractivity contribution >= 4 is 23.2 Å². The molecule has 2 amide bonds. The number of nitrogens with zero attached hydrogens (tertiary/aromatic N) is 2. The molecule has 0 aromatic heterocycles. The quantitative estimate of drug-likeness (QED) is 0.873. The summed E-state index contributed by atoms with van der Waals surface area (Å²) in [5, 5.41) is 3.47. The lowest BCUT2D eigenvalue weighted by molar-refractivity contribution is -0.127. The van der Waals surface area contributed by atoms with E-state index >= 15 is 0 Å². The Balaban J connectivity index is 1.82. The number of hydrogen-bond acceptors (Lipinski definition) is 3. The molecule has 0 bridgehead atoms. The number of hydrogen-bond donors (Lipinski definition) is 1. The number of likely N-dealkylation sites (N-methyl/N-ethyl adjacent to an activating group) is 1. The predicted octanol–water partition coefficient (Wildman–Crippen LogP) is 3.58. The van der Waals surface area contributed by atoms with Crippen molar-refractivity contribution < 1.29 is 9.59 Å². The van der Waals surface area contributed by atoms with Crippen molar-refractivity contribution in [1.82, 2.24) is 4.90 Å². The summed E-state index contributed by atoms with van der Waals surface area (Å²) in [4.78, 5) is 30.0. The van der Waals surface area contributed by atoms with Crippen LogP contribution in [-0.2, 0) is 16.0 Å². The third-order valence-corrected chi connectivity index (χ3v) is 5.95. The second-order valence-corrected chi connectivity index (χ2v) is 7.96. The van der Waals surface area contributed by atoms with E-state index in [-0.39, 0.29) is 24.3 Å². The summed E-state index contributed by atoms with van der Waals surface area (Å²) in [5.41, 5.74) is 3.67. The molecule has 5 nitrogen and oxygen atoms in total. The normalized spacial score (nSPS) is 20.4. The van der Waals surface area contributed by atoms with Gasteiger partial charge in [0.15, 0.2) is 0 Å². The Morgan fingerprint density at radius 1 is 1.07 bits per heavy atom. The maximum absolute atomic E-state index is 13.4. The van der Waals surface area contributed by atoms with Crippen molar-refractivity contribution in [3.8, 4) is 0 Å². The third kappa shape index (κ3) is 2.70. The SMILES string of the molecule is CC1C2=C(Nc3ccccc3N1C(=O)Cc1ccccc1)C(C)(C)N(C)C2=O. The molecule has 0 aliphatic carbocycles. The molecule has 2 aromatic rings. The van der Waals surface area contributed by atoms with Gasteiger partial charge in [0.2, 0.25) is 5.91 Å². The van der Waals surface area contributed by atoms with Crippen LogP contribution in [0.2, 0.25) is 0 Å². The number of carbonyl (C=O) groups excluding carboxylic acids is 2. The molecule has 28 heavy (non-hydrogen) atoms. The number of nitrogens with one attached hydrogen (secondary N) is 1. The Kier molecular flexibility index (Phi) is 4.26. The van der Waals surface area contributed by atoms with Gasteiger partial charge >= 0.3 is 0 Å². The van der Waals surface area contributed by atoms with Crippen LogP contribution in [-0.4, -0.2) is 35.3 Å². The smallest absolute Gasteiger partial charge is 0.254 e. The molecule has 2 heterocycles. The highest BCUT2D eigenvalue weighted by atomic mass is 16.2. The fraction of sp³-hybridized carbons (Fsp3) is 0.304. The average Bonchev–Trinajstić information content (AvgIpc) is 2.79. The van der Waals surface area contributed by atoms with Crippen LogP contribution in [0.3, 0.4) is 0 Å². The molecule has 2 aliphatic rings. The summed E-state index contributed by atoms with van der Waals surface area (Å²) >= 11 is 0. The predicted molar refractivity (Wildman–Crippen MR) is 111 cm³/mol. The molecule has 144 valence electrons. The van der Waals surface area contributed by atoms with Gasteiger partial charge in [0.1, 0.15) is 0 Å². The second kappa shape index (κ2) is 6.51. The number of para-hydroxylation sites is 2. The van der Waals surface area contributed by atoms with Crippen molar-refractivity contribution in [2.45, 2.75) is 38.8 Å². The summed E-state index contributed by atoms with van der Waals surface area (Å²) in [7, 11) is 1.81. The zero-order valence-electron chi connectivity index (χ0n) is 16.7. The van der Waals surface area contributed by atoms with Gasteiger partial charge in [-0.15, -0.1) is 0 Å². The molecule has 1 atom stereocenters. The van der Waals surface area contributed by atoms with Crippen molar-refractivity contribution in [3.05, 3.63) is 71.4 Å². The molecular formula is C23H25N3O2. The molecule has 4 rings (SSSR count). The Hall–Kier alpha value is -3.08. The summed E-state index contributed by atoms with van der Waals surface area (Å²) in [5.74, 6) is -0.0628. The minimum atomic E-state index is -0.466. The first kappa shape index (κ1) is 18.3. The lowest BCUT2D eigenvalue weighted by Gasteiger charge is -2.33. The Bertz CT molecular complexity index is 978. The van der Waals surface area contributed by atoms with Gasteiger partial charge in [-0.3, -0.25) is 9.59 Å². The van der Waals surface area contributed by atoms with Crippen LogP contribution >= 0.6 is 0 Å². The van der Waals surface area contributed by atoms with Crippen LogP contribution in [0, 0.1) is 0 Å². The van der Waals surface area contributed by atoms with Gasteiger partial charge in [-0.25, -0.2) is 0 Å². The van der Waals surface area contributed by atoms with Gasteiger partial charge in [-0.2, -0.15) is 0 Å². The summed E-state index contributed by atoms with van der Waals surface area (Å²) in [6.45, 7) is 5.99. The van der Waals surface area contributed by atoms with E-state index in [0.717, 1.165) is 22.6 Å². The average molecular weight is 375 g/mol. The second-order valence-electron chi connectivity index (χ2n) is 7.96. The molecule has 0 saturated carbocycles. The number of amides is 2. The molecule has 2 aromatic carbocycles. The highest BCUT2D eigenvalue weighted by molar-refractivity contribution is 6.07. The molecular weight excluding hydrogens is 350 g/mol. The first-order valence-corrected chi connectivity index (χ1v) is 9.57. The van der Waals surface area contributed by atoms with Gasteiger partial charge in [0.05, 0.1) is 40.6 Å². The van der Waals surface area contributed by atoms with E-state index in [1.807, 2.05) is 82.4 Å². The molecule has 0 radical (unpaired) electrons. The van der Waals surface area contributed by atoms with E-state index in [1.165, 1.54) is 0 Å². The number of anilines is 2. The van der Waals surface area contributed by atoms with E-state index in [0.29, 0.717) is 5.57 Å². The van der Waals surface area contributed by atoms with Crippen molar-refractivity contribution in [2.75, 3.05) is 17.3 Å². The third-order valence-electron chi connectivity index (χ3n) is 5.95. The van der Waals surface area contributed by atoms with Crippen LogP contribution < -0.4 is 10.2 Å². The molecule has 0 fully saturated rings. The lowest BCUT2D eigenvalue weighted by atomic mass is 9.97. The number of fused-ring (bicyclic) bond motifs is 1. The molecule has 0 spiro atoms. The van der Waals surface area contributed by atoms with E-state index in [9.17, 15) is 9.59 Å². The fourth-order valence-corrected chi connectivity index (χ4v) is 4.11. The zero-order valence-corrected chi connectivity index (χ0v) is 16.7. The number of rotatable bonds is 2. The van der Waals surface area contributed by atoms with Crippen molar-refractivity contribution in [1.29, 1.82) is 0 Å².